The van der Waals surface area contributed by atoms with Gasteiger partial charge in [-0.2, -0.15) is 0 Å². The van der Waals surface area contributed by atoms with Crippen LogP contribution in [-0.2, 0) is 11.3 Å². The molecule has 1 atom stereocenters. The Morgan fingerprint density at radius 3 is 2.23 bits per heavy atom. The van der Waals surface area contributed by atoms with Gasteiger partial charge in [0, 0.05) is 25.1 Å². The van der Waals surface area contributed by atoms with E-state index in [4.69, 9.17) is 0 Å². The number of nitrogens with zero attached hydrogens (tertiary/aromatic N) is 1. The second-order valence-corrected chi connectivity index (χ2v) is 7.84. The van der Waals surface area contributed by atoms with E-state index in [1.54, 1.807) is 0 Å². The van der Waals surface area contributed by atoms with Crippen molar-refractivity contribution in [3.63, 3.8) is 0 Å². The minimum Gasteiger partial charge on any atom is -0.341 e. The van der Waals surface area contributed by atoms with Crippen LogP contribution in [0.25, 0.3) is 0 Å². The van der Waals surface area contributed by atoms with Gasteiger partial charge in [0.1, 0.15) is 0 Å². The van der Waals surface area contributed by atoms with Gasteiger partial charge in [0.2, 0.25) is 5.91 Å². The highest BCUT2D eigenvalue weighted by molar-refractivity contribution is 5.94. The molecule has 1 heterocycles. The third-order valence-corrected chi connectivity index (χ3v) is 5.58. The summed E-state index contributed by atoms with van der Waals surface area (Å²) >= 11 is 0. The van der Waals surface area contributed by atoms with Gasteiger partial charge in [0.25, 0.3) is 5.91 Å². The summed E-state index contributed by atoms with van der Waals surface area (Å²) in [5, 5.41) is 3.18. The number of rotatable bonds is 6. The molecule has 1 saturated heterocycles. The summed E-state index contributed by atoms with van der Waals surface area (Å²) in [7, 11) is 0. The predicted molar refractivity (Wildman–Crippen MR) is 118 cm³/mol. The largest absolute Gasteiger partial charge is 0.341 e. The average Bonchev–Trinajstić information content (AvgIpc) is 3.18. The SMILES string of the molecule is Cc1ccc([C@@H](NC(=O)c2ccc(CN3CCCC3=O)cc2)c2ccccc2)cc1. The Labute approximate surface area is 177 Å². The minimum absolute atomic E-state index is 0.117. The zero-order valence-electron chi connectivity index (χ0n) is 17.2. The fraction of sp³-hybridized carbons (Fsp3) is 0.231. The Balaban J connectivity index is 1.51. The van der Waals surface area contributed by atoms with E-state index in [0.29, 0.717) is 18.5 Å². The van der Waals surface area contributed by atoms with E-state index in [0.717, 1.165) is 29.7 Å². The summed E-state index contributed by atoms with van der Waals surface area (Å²) in [4.78, 5) is 26.7. The van der Waals surface area contributed by atoms with Crippen molar-refractivity contribution < 1.29 is 9.59 Å². The standard InChI is InChI=1S/C26H26N2O2/c1-19-9-13-22(14-10-19)25(21-6-3-2-4-7-21)27-26(30)23-15-11-20(12-16-23)18-28-17-5-8-24(28)29/h2-4,6-7,9-16,25H,5,8,17-18H2,1H3,(H,27,30)/t25-/m0/s1. The Morgan fingerprint density at radius 1 is 0.933 bits per heavy atom. The molecule has 4 heteroatoms. The van der Waals surface area contributed by atoms with Gasteiger partial charge in [-0.05, 0) is 42.2 Å². The van der Waals surface area contributed by atoms with Gasteiger partial charge in [0.15, 0.2) is 0 Å². The van der Waals surface area contributed by atoms with Crippen LogP contribution < -0.4 is 5.32 Å². The molecule has 0 aliphatic carbocycles. The molecule has 0 spiro atoms. The van der Waals surface area contributed by atoms with Gasteiger partial charge in [-0.25, -0.2) is 0 Å². The van der Waals surface area contributed by atoms with Crippen molar-refractivity contribution in [2.24, 2.45) is 0 Å². The maximum atomic E-state index is 13.0. The highest BCUT2D eigenvalue weighted by Gasteiger charge is 2.21. The molecule has 3 aromatic rings. The lowest BCUT2D eigenvalue weighted by atomic mass is 9.97. The van der Waals surface area contributed by atoms with E-state index < -0.39 is 0 Å². The van der Waals surface area contributed by atoms with Crippen molar-refractivity contribution >= 4 is 11.8 Å². The second kappa shape index (κ2) is 8.95. The maximum absolute atomic E-state index is 13.0. The molecule has 1 aliphatic heterocycles. The average molecular weight is 399 g/mol. The van der Waals surface area contributed by atoms with Crippen LogP contribution in [-0.4, -0.2) is 23.3 Å². The van der Waals surface area contributed by atoms with Crippen molar-refractivity contribution in [3.8, 4) is 0 Å². The number of nitrogens with one attached hydrogen (secondary N) is 1. The molecule has 30 heavy (non-hydrogen) atoms. The molecule has 0 aromatic heterocycles. The normalized spacial score (nSPS) is 14.6. The quantitative estimate of drug-likeness (QED) is 0.658. The van der Waals surface area contributed by atoms with Gasteiger partial charge in [0.05, 0.1) is 6.04 Å². The molecule has 1 aliphatic rings. The number of amides is 2. The number of carbonyl (C=O) groups is 2. The van der Waals surface area contributed by atoms with Gasteiger partial charge < -0.3 is 10.2 Å². The lowest BCUT2D eigenvalue weighted by Crippen LogP contribution is -2.29. The van der Waals surface area contributed by atoms with Crippen LogP contribution in [0.5, 0.6) is 0 Å². The van der Waals surface area contributed by atoms with Crippen LogP contribution in [0.2, 0.25) is 0 Å². The molecule has 4 rings (SSSR count). The second-order valence-electron chi connectivity index (χ2n) is 7.84. The van der Waals surface area contributed by atoms with Crippen LogP contribution in [0.1, 0.15) is 51.5 Å². The molecule has 0 unspecified atom stereocenters. The molecule has 2 amide bonds. The zero-order valence-corrected chi connectivity index (χ0v) is 17.2. The monoisotopic (exact) mass is 398 g/mol. The third kappa shape index (κ3) is 4.60. The van der Waals surface area contributed by atoms with Gasteiger partial charge in [-0.1, -0.05) is 72.3 Å². The van der Waals surface area contributed by atoms with Crippen LogP contribution in [0.4, 0.5) is 0 Å². The molecule has 3 aromatic carbocycles. The first-order valence-electron chi connectivity index (χ1n) is 10.4. The molecule has 4 nitrogen and oxygen atoms in total. The van der Waals surface area contributed by atoms with E-state index in [1.807, 2.05) is 59.5 Å². The summed E-state index contributed by atoms with van der Waals surface area (Å²) in [5.74, 6) is 0.0915. The van der Waals surface area contributed by atoms with Crippen LogP contribution >= 0.6 is 0 Å². The molecule has 0 radical (unpaired) electrons. The van der Waals surface area contributed by atoms with E-state index in [9.17, 15) is 9.59 Å². The molecule has 152 valence electrons. The molecule has 0 bridgehead atoms. The van der Waals surface area contributed by atoms with Crippen LogP contribution in [0.15, 0.2) is 78.9 Å². The van der Waals surface area contributed by atoms with Gasteiger partial charge in [-0.3, -0.25) is 9.59 Å². The van der Waals surface area contributed by atoms with E-state index in [2.05, 4.69) is 36.5 Å². The predicted octanol–water partition coefficient (Wildman–Crippen LogP) is 4.64. The third-order valence-electron chi connectivity index (χ3n) is 5.58. The van der Waals surface area contributed by atoms with E-state index >= 15 is 0 Å². The molecule has 0 saturated carbocycles. The van der Waals surface area contributed by atoms with Gasteiger partial charge in [-0.15, -0.1) is 0 Å². The van der Waals surface area contributed by atoms with E-state index in [1.165, 1.54) is 5.56 Å². The lowest BCUT2D eigenvalue weighted by molar-refractivity contribution is -0.128. The Hall–Kier alpha value is -3.40. The number of aryl methyl sites for hydroxylation is 1. The first kappa shape index (κ1) is 19.9. The summed E-state index contributed by atoms with van der Waals surface area (Å²) in [5.41, 5.74) is 4.92. The van der Waals surface area contributed by atoms with Crippen LogP contribution in [0, 0.1) is 6.92 Å². The Morgan fingerprint density at radius 2 is 1.60 bits per heavy atom. The van der Waals surface area contributed by atoms with Crippen molar-refractivity contribution in [3.05, 3.63) is 107 Å². The van der Waals surface area contributed by atoms with Gasteiger partial charge >= 0.3 is 0 Å². The van der Waals surface area contributed by atoms with E-state index in [-0.39, 0.29) is 17.9 Å². The topological polar surface area (TPSA) is 49.4 Å². The number of likely N-dealkylation sites (tertiary alicyclic amines) is 1. The fourth-order valence-corrected chi connectivity index (χ4v) is 3.83. The molecule has 1 fully saturated rings. The number of hydrogen-bond donors (Lipinski definition) is 1. The minimum atomic E-state index is -0.221. The summed E-state index contributed by atoms with van der Waals surface area (Å²) < 4.78 is 0. The van der Waals surface area contributed by atoms with Crippen molar-refractivity contribution in [1.82, 2.24) is 10.2 Å². The first-order chi connectivity index (χ1) is 14.6. The highest BCUT2D eigenvalue weighted by Crippen LogP contribution is 2.23. The smallest absolute Gasteiger partial charge is 0.252 e. The molecule has 1 N–H and O–H groups in total. The van der Waals surface area contributed by atoms with Crippen molar-refractivity contribution in [2.45, 2.75) is 32.4 Å². The lowest BCUT2D eigenvalue weighted by Gasteiger charge is -2.20. The van der Waals surface area contributed by atoms with Crippen LogP contribution in [0.3, 0.4) is 0 Å². The first-order valence-corrected chi connectivity index (χ1v) is 10.4. The molecular formula is C26H26N2O2. The Kier molecular flexibility index (Phi) is 5.94. The Bertz CT molecular complexity index is 1010. The number of carbonyl (C=O) groups excluding carboxylic acids is 2. The maximum Gasteiger partial charge on any atom is 0.252 e. The number of hydrogen-bond acceptors (Lipinski definition) is 2. The fourth-order valence-electron chi connectivity index (χ4n) is 3.83. The van der Waals surface area contributed by atoms with Crippen molar-refractivity contribution in [1.29, 1.82) is 0 Å². The summed E-state index contributed by atoms with van der Waals surface area (Å²) in [6.45, 7) is 3.48. The summed E-state index contributed by atoms with van der Waals surface area (Å²) in [6, 6.07) is 25.6. The zero-order chi connectivity index (χ0) is 20.9. The highest BCUT2D eigenvalue weighted by atomic mass is 16.2. The molecular weight excluding hydrogens is 372 g/mol. The summed E-state index contributed by atoms with van der Waals surface area (Å²) in [6.07, 6.45) is 1.57. The number of benzene rings is 3. The van der Waals surface area contributed by atoms with Crippen molar-refractivity contribution in [2.75, 3.05) is 6.54 Å².